The van der Waals surface area contributed by atoms with Crippen LogP contribution in [0.5, 0.6) is 0 Å². The number of carbonyl (C=O) groups is 2. The van der Waals surface area contributed by atoms with Crippen molar-refractivity contribution in [2.75, 3.05) is 6.54 Å². The number of thiol groups is 1. The summed E-state index contributed by atoms with van der Waals surface area (Å²) in [6.45, 7) is 0.0200. The zero-order chi connectivity index (χ0) is 12.3. The Labute approximate surface area is 105 Å². The molecule has 2 N–H and O–H groups in total. The van der Waals surface area contributed by atoms with Crippen molar-refractivity contribution in [1.82, 2.24) is 10.6 Å². The quantitative estimate of drug-likeness (QED) is 0.698. The van der Waals surface area contributed by atoms with Crippen molar-refractivity contribution in [3.8, 4) is 0 Å². The van der Waals surface area contributed by atoms with Crippen LogP contribution >= 0.6 is 12.6 Å². The molecule has 17 heavy (non-hydrogen) atoms. The molecule has 4 nitrogen and oxygen atoms in total. The highest BCUT2D eigenvalue weighted by Gasteiger charge is 2.23. The molecule has 0 aromatic heterocycles. The molecule has 0 atom stereocenters. The van der Waals surface area contributed by atoms with Gasteiger partial charge in [0, 0.05) is 16.5 Å². The molecule has 1 saturated carbocycles. The lowest BCUT2D eigenvalue weighted by molar-refractivity contribution is -0.120. The van der Waals surface area contributed by atoms with Gasteiger partial charge < -0.3 is 10.6 Å². The molecule has 1 aliphatic rings. The number of benzene rings is 1. The van der Waals surface area contributed by atoms with E-state index in [2.05, 4.69) is 23.3 Å². The van der Waals surface area contributed by atoms with Gasteiger partial charge in [-0.2, -0.15) is 0 Å². The third kappa shape index (κ3) is 3.78. The van der Waals surface area contributed by atoms with Crippen molar-refractivity contribution in [3.63, 3.8) is 0 Å². The van der Waals surface area contributed by atoms with Crippen LogP contribution in [0.15, 0.2) is 29.2 Å². The van der Waals surface area contributed by atoms with Crippen LogP contribution in [0, 0.1) is 0 Å². The highest BCUT2D eigenvalue weighted by molar-refractivity contribution is 7.80. The fourth-order valence-corrected chi connectivity index (χ4v) is 1.64. The van der Waals surface area contributed by atoms with E-state index in [9.17, 15) is 9.59 Å². The Morgan fingerprint density at radius 2 is 2.12 bits per heavy atom. The van der Waals surface area contributed by atoms with Crippen LogP contribution in [0.2, 0.25) is 0 Å². The van der Waals surface area contributed by atoms with Crippen molar-refractivity contribution in [2.45, 2.75) is 23.8 Å². The van der Waals surface area contributed by atoms with Gasteiger partial charge in [0.2, 0.25) is 5.91 Å². The minimum Gasteiger partial charge on any atom is -0.352 e. The molecule has 0 bridgehead atoms. The standard InChI is InChI=1S/C12H14N2O2S/c15-11(14-9-4-5-9)7-13-12(16)8-2-1-3-10(17)6-8/h1-3,6,9,17H,4-5,7H2,(H,13,16)(H,14,15). The number of hydrogen-bond donors (Lipinski definition) is 3. The molecule has 2 amide bonds. The van der Waals surface area contributed by atoms with Crippen molar-refractivity contribution in [1.29, 1.82) is 0 Å². The first kappa shape index (κ1) is 12.0. The molecule has 0 spiro atoms. The first-order valence-corrected chi connectivity index (χ1v) is 5.96. The Morgan fingerprint density at radius 3 is 2.76 bits per heavy atom. The Balaban J connectivity index is 1.82. The van der Waals surface area contributed by atoms with E-state index in [1.165, 1.54) is 0 Å². The lowest BCUT2D eigenvalue weighted by atomic mass is 10.2. The van der Waals surface area contributed by atoms with Crippen LogP contribution in [0.25, 0.3) is 0 Å². The van der Waals surface area contributed by atoms with E-state index < -0.39 is 0 Å². The second-order valence-corrected chi connectivity index (χ2v) is 4.59. The van der Waals surface area contributed by atoms with Gasteiger partial charge in [0.25, 0.3) is 5.91 Å². The summed E-state index contributed by atoms with van der Waals surface area (Å²) in [4.78, 5) is 23.8. The first-order chi connectivity index (χ1) is 8.15. The van der Waals surface area contributed by atoms with Crippen molar-refractivity contribution >= 4 is 24.4 Å². The van der Waals surface area contributed by atoms with Crippen LogP contribution in [-0.4, -0.2) is 24.4 Å². The maximum absolute atomic E-state index is 11.7. The van der Waals surface area contributed by atoms with Gasteiger partial charge in [0.05, 0.1) is 6.54 Å². The second kappa shape index (κ2) is 5.23. The summed E-state index contributed by atoms with van der Waals surface area (Å²) in [5.41, 5.74) is 0.511. The zero-order valence-corrected chi connectivity index (χ0v) is 10.2. The molecule has 0 saturated heterocycles. The molecule has 90 valence electrons. The molecular formula is C12H14N2O2S. The minimum atomic E-state index is -0.258. The third-order valence-corrected chi connectivity index (χ3v) is 2.74. The van der Waals surface area contributed by atoms with Gasteiger partial charge in [-0.3, -0.25) is 9.59 Å². The van der Waals surface area contributed by atoms with Crippen LogP contribution in [0.4, 0.5) is 0 Å². The molecule has 5 heteroatoms. The Kier molecular flexibility index (Phi) is 3.68. The average Bonchev–Trinajstić information content (AvgIpc) is 3.10. The van der Waals surface area contributed by atoms with E-state index in [1.54, 1.807) is 24.3 Å². The fraction of sp³-hybridized carbons (Fsp3) is 0.333. The molecule has 1 fully saturated rings. The average molecular weight is 250 g/mol. The van der Waals surface area contributed by atoms with Gasteiger partial charge in [0.1, 0.15) is 0 Å². The smallest absolute Gasteiger partial charge is 0.251 e. The van der Waals surface area contributed by atoms with Crippen molar-refractivity contribution in [2.24, 2.45) is 0 Å². The summed E-state index contributed by atoms with van der Waals surface area (Å²) in [6, 6.07) is 7.21. The monoisotopic (exact) mass is 250 g/mol. The molecule has 0 heterocycles. The molecule has 1 aliphatic carbocycles. The van der Waals surface area contributed by atoms with Crippen LogP contribution in [-0.2, 0) is 4.79 Å². The lowest BCUT2D eigenvalue weighted by Gasteiger charge is -2.06. The van der Waals surface area contributed by atoms with E-state index >= 15 is 0 Å². The van der Waals surface area contributed by atoms with E-state index in [0.717, 1.165) is 17.7 Å². The second-order valence-electron chi connectivity index (χ2n) is 4.07. The largest absolute Gasteiger partial charge is 0.352 e. The molecular weight excluding hydrogens is 236 g/mol. The molecule has 1 aromatic rings. The summed E-state index contributed by atoms with van der Waals surface area (Å²) < 4.78 is 0. The van der Waals surface area contributed by atoms with Gasteiger partial charge in [0.15, 0.2) is 0 Å². The predicted octanol–water partition coefficient (Wildman–Crippen LogP) is 0.984. The number of nitrogens with one attached hydrogen (secondary N) is 2. The Morgan fingerprint density at radius 1 is 1.35 bits per heavy atom. The topological polar surface area (TPSA) is 58.2 Å². The van der Waals surface area contributed by atoms with Gasteiger partial charge in [-0.15, -0.1) is 12.6 Å². The molecule has 0 unspecified atom stereocenters. The van der Waals surface area contributed by atoms with Crippen LogP contribution in [0.3, 0.4) is 0 Å². The van der Waals surface area contributed by atoms with E-state index in [0.29, 0.717) is 11.6 Å². The summed E-state index contributed by atoms with van der Waals surface area (Å²) in [7, 11) is 0. The van der Waals surface area contributed by atoms with Crippen LogP contribution in [0.1, 0.15) is 23.2 Å². The third-order valence-electron chi connectivity index (χ3n) is 2.46. The van der Waals surface area contributed by atoms with Gasteiger partial charge in [-0.1, -0.05) is 6.07 Å². The minimum absolute atomic E-state index is 0.0200. The summed E-state index contributed by atoms with van der Waals surface area (Å²) in [5.74, 6) is -0.394. The fourth-order valence-electron chi connectivity index (χ4n) is 1.42. The first-order valence-electron chi connectivity index (χ1n) is 5.52. The maximum Gasteiger partial charge on any atom is 0.251 e. The predicted molar refractivity (Wildman–Crippen MR) is 67.2 cm³/mol. The SMILES string of the molecule is O=C(CNC(=O)c1cccc(S)c1)NC1CC1. The highest BCUT2D eigenvalue weighted by atomic mass is 32.1. The molecule has 0 radical (unpaired) electrons. The van der Waals surface area contributed by atoms with Crippen molar-refractivity contribution < 1.29 is 9.59 Å². The van der Waals surface area contributed by atoms with Gasteiger partial charge >= 0.3 is 0 Å². The van der Waals surface area contributed by atoms with E-state index in [4.69, 9.17) is 0 Å². The van der Waals surface area contributed by atoms with E-state index in [1.807, 2.05) is 0 Å². The zero-order valence-electron chi connectivity index (χ0n) is 9.27. The molecule has 0 aliphatic heterocycles. The molecule has 2 rings (SSSR count). The number of amides is 2. The highest BCUT2D eigenvalue weighted by Crippen LogP contribution is 2.18. The number of carbonyl (C=O) groups excluding carboxylic acids is 2. The number of hydrogen-bond acceptors (Lipinski definition) is 3. The Bertz CT molecular complexity index is 444. The van der Waals surface area contributed by atoms with Gasteiger partial charge in [-0.25, -0.2) is 0 Å². The molecule has 1 aromatic carbocycles. The van der Waals surface area contributed by atoms with Crippen LogP contribution < -0.4 is 10.6 Å². The Hall–Kier alpha value is -1.49. The van der Waals surface area contributed by atoms with Crippen molar-refractivity contribution in [3.05, 3.63) is 29.8 Å². The summed E-state index contributed by atoms with van der Waals surface area (Å²) >= 11 is 4.15. The number of rotatable bonds is 4. The lowest BCUT2D eigenvalue weighted by Crippen LogP contribution is -2.37. The van der Waals surface area contributed by atoms with Gasteiger partial charge in [-0.05, 0) is 31.0 Å². The maximum atomic E-state index is 11.7. The summed E-state index contributed by atoms with van der Waals surface area (Å²) in [6.07, 6.45) is 2.09. The summed E-state index contributed by atoms with van der Waals surface area (Å²) in [5, 5.41) is 5.38. The normalized spacial score (nSPS) is 14.2. The van der Waals surface area contributed by atoms with E-state index in [-0.39, 0.29) is 18.4 Å².